The highest BCUT2D eigenvalue weighted by Crippen LogP contribution is 2.45. The van der Waals surface area contributed by atoms with Crippen molar-refractivity contribution in [3.8, 4) is 0 Å². The summed E-state index contributed by atoms with van der Waals surface area (Å²) in [5.74, 6) is -1.58. The fourth-order valence-corrected chi connectivity index (χ4v) is 12.2. The molecule has 2 unspecified atom stereocenters. The van der Waals surface area contributed by atoms with Gasteiger partial charge in [-0.3, -0.25) is 32.5 Å². The molecule has 0 aliphatic heterocycles. The second-order valence-electron chi connectivity index (χ2n) is 26.6. The van der Waals surface area contributed by atoms with E-state index in [1.54, 1.807) is 0 Å². The number of aldehydes is 1. The van der Waals surface area contributed by atoms with Crippen molar-refractivity contribution < 1.29 is 80.2 Å². The summed E-state index contributed by atoms with van der Waals surface area (Å²) in [4.78, 5) is 70.4. The third-order valence-corrected chi connectivity index (χ3v) is 18.6. The Morgan fingerprint density at radius 3 is 0.990 bits per heavy atom. The van der Waals surface area contributed by atoms with E-state index < -0.39 is 84.9 Å². The molecular formula is C83H144O17P2. The van der Waals surface area contributed by atoms with Crippen LogP contribution < -0.4 is 0 Å². The summed E-state index contributed by atoms with van der Waals surface area (Å²) in [5, 5.41) is 10.6. The van der Waals surface area contributed by atoms with E-state index in [0.717, 1.165) is 160 Å². The van der Waals surface area contributed by atoms with Crippen molar-refractivity contribution in [3.63, 3.8) is 0 Å². The maximum absolute atomic E-state index is 13.1. The number of allylic oxidation sites excluding steroid dienone is 18. The van der Waals surface area contributed by atoms with E-state index in [4.69, 9.17) is 37.0 Å². The SMILES string of the molecule is CCCCC/C=C\C/C=C\C/C=C\C/C=C\CCCC(=O)OC[C@H](COP(=O)(O)OC[C@@H](O)COP(=O)(O)OC[C@@H](COC(=O)CCCCCCCCCCCCCCC)OCCCCCCCCC/C=C\CCCCCCC=O)OC(=O)CCC/C=C\C/C=C\C/C=C\C/C=C\CCCCC. The van der Waals surface area contributed by atoms with Crippen molar-refractivity contribution in [2.45, 2.75) is 347 Å². The Balaban J connectivity index is 5.38. The Hall–Kier alpha value is -4.12. The summed E-state index contributed by atoms with van der Waals surface area (Å²) in [5.41, 5.74) is 0. The Bertz CT molecular complexity index is 2330. The summed E-state index contributed by atoms with van der Waals surface area (Å²) >= 11 is 0. The zero-order valence-electron chi connectivity index (χ0n) is 64.0. The normalized spacial score (nSPS) is 14.5. The molecule has 0 aromatic rings. The summed E-state index contributed by atoms with van der Waals surface area (Å²) in [7, 11) is -9.83. The van der Waals surface area contributed by atoms with Gasteiger partial charge in [0.2, 0.25) is 0 Å². The van der Waals surface area contributed by atoms with Crippen molar-refractivity contribution in [2.75, 3.05) is 46.2 Å². The minimum atomic E-state index is -4.97. The molecule has 0 saturated carbocycles. The van der Waals surface area contributed by atoms with Gasteiger partial charge in [0, 0.05) is 32.3 Å². The number of hydrogen-bond donors (Lipinski definition) is 3. The van der Waals surface area contributed by atoms with E-state index >= 15 is 0 Å². The van der Waals surface area contributed by atoms with E-state index in [9.17, 15) is 43.2 Å². The Morgan fingerprint density at radius 1 is 0.314 bits per heavy atom. The summed E-state index contributed by atoms with van der Waals surface area (Å²) < 4.78 is 69.2. The molecule has 5 atom stereocenters. The van der Waals surface area contributed by atoms with E-state index in [1.807, 2.05) is 24.3 Å². The highest BCUT2D eigenvalue weighted by atomic mass is 31.2. The fraction of sp³-hybridized carbons (Fsp3) is 0.735. The number of phosphoric ester groups is 2. The molecule has 0 spiro atoms. The molecule has 588 valence electrons. The minimum Gasteiger partial charge on any atom is -0.463 e. The van der Waals surface area contributed by atoms with Crippen LogP contribution in [0.15, 0.2) is 109 Å². The van der Waals surface area contributed by atoms with E-state index in [2.05, 4.69) is 106 Å². The van der Waals surface area contributed by atoms with Crippen molar-refractivity contribution in [2.24, 2.45) is 0 Å². The van der Waals surface area contributed by atoms with Crippen LogP contribution >= 0.6 is 15.6 Å². The molecule has 0 aromatic carbocycles. The molecular weight excluding hydrogens is 1330 g/mol. The van der Waals surface area contributed by atoms with Gasteiger partial charge in [0.1, 0.15) is 31.7 Å². The molecule has 0 heterocycles. The zero-order chi connectivity index (χ0) is 74.4. The van der Waals surface area contributed by atoms with Crippen LogP contribution in [0.5, 0.6) is 0 Å². The number of rotatable bonds is 77. The van der Waals surface area contributed by atoms with E-state index in [-0.39, 0.29) is 25.9 Å². The molecule has 102 heavy (non-hydrogen) atoms. The molecule has 0 rings (SSSR count). The third-order valence-electron chi connectivity index (χ3n) is 16.7. The van der Waals surface area contributed by atoms with Gasteiger partial charge in [0.25, 0.3) is 0 Å². The average molecular weight is 1480 g/mol. The summed E-state index contributed by atoms with van der Waals surface area (Å²) in [6.45, 7) is 3.37. The number of esters is 3. The molecule has 17 nitrogen and oxygen atoms in total. The predicted octanol–water partition coefficient (Wildman–Crippen LogP) is 23.0. The van der Waals surface area contributed by atoms with E-state index in [0.29, 0.717) is 45.1 Å². The van der Waals surface area contributed by atoms with Gasteiger partial charge in [-0.2, -0.15) is 0 Å². The first-order chi connectivity index (χ1) is 49.8. The van der Waals surface area contributed by atoms with Crippen LogP contribution in [-0.2, 0) is 65.4 Å². The number of carbonyl (C=O) groups is 4. The molecule has 0 aromatic heterocycles. The van der Waals surface area contributed by atoms with Gasteiger partial charge in [-0.1, -0.05) is 278 Å². The lowest BCUT2D eigenvalue weighted by atomic mass is 10.0. The third kappa shape index (κ3) is 75.6. The molecule has 0 radical (unpaired) electrons. The van der Waals surface area contributed by atoms with Gasteiger partial charge in [-0.05, 0) is 135 Å². The second kappa shape index (κ2) is 76.5. The number of aliphatic hydroxyl groups is 1. The zero-order valence-corrected chi connectivity index (χ0v) is 65.8. The lowest BCUT2D eigenvalue weighted by Crippen LogP contribution is -2.30. The van der Waals surface area contributed by atoms with Gasteiger partial charge < -0.3 is 38.6 Å². The number of phosphoric acid groups is 2. The van der Waals surface area contributed by atoms with Gasteiger partial charge in [0.15, 0.2) is 6.10 Å². The minimum absolute atomic E-state index is 0.0180. The highest BCUT2D eigenvalue weighted by Gasteiger charge is 2.30. The quantitative estimate of drug-likeness (QED) is 0.0128. The molecule has 0 bridgehead atoms. The maximum atomic E-state index is 13.1. The second-order valence-corrected chi connectivity index (χ2v) is 29.5. The van der Waals surface area contributed by atoms with Crippen molar-refractivity contribution in [1.29, 1.82) is 0 Å². The van der Waals surface area contributed by atoms with E-state index in [1.165, 1.54) is 96.3 Å². The Labute approximate surface area is 619 Å². The van der Waals surface area contributed by atoms with Crippen molar-refractivity contribution in [1.82, 2.24) is 0 Å². The predicted molar refractivity (Wildman–Crippen MR) is 418 cm³/mol. The first-order valence-electron chi connectivity index (χ1n) is 40.1. The van der Waals surface area contributed by atoms with Gasteiger partial charge in [-0.25, -0.2) is 9.13 Å². The first-order valence-corrected chi connectivity index (χ1v) is 43.1. The van der Waals surface area contributed by atoms with Crippen LogP contribution in [0.2, 0.25) is 0 Å². The number of carbonyl (C=O) groups excluding carboxylic acids is 4. The van der Waals surface area contributed by atoms with Crippen LogP contribution in [0.3, 0.4) is 0 Å². The highest BCUT2D eigenvalue weighted by molar-refractivity contribution is 7.47. The molecule has 0 amide bonds. The summed E-state index contributed by atoms with van der Waals surface area (Å²) in [6.07, 6.45) is 82.9. The Morgan fingerprint density at radius 2 is 0.588 bits per heavy atom. The standard InChI is InChI=1S/C83H144O17P2/c1-4-7-10-13-16-19-22-25-27-29-33-38-43-48-53-58-63-68-82(87)95-75-80(100-83(88)69-64-59-54-49-44-39-34-30-28-26-23-20-17-14-11-8-5-2)77-99-102(91,92)97-73-78(85)72-96-101(89,90)98-76-79(74-94-81(86)67-62-57-52-47-42-37-24-21-18-15-12-9-6-3)93-71-66-61-56-51-46-41-36-32-31-35-40-45-50-55-60-65-70-84/h16-17,19-20,25-28,31,33-35,38-39,48-49,53-54,70,78-80,85H,4-15,18,21-24,29-30,32,36-37,40-47,50-52,55-69,71-77H2,1-3H3,(H,89,90)(H,91,92)/b19-16-,20-17-,27-25-,28-26-,35-31-,38-33-,39-34-,53-48-,54-49-/t78-,79+,80+/m0/s1. The van der Waals surface area contributed by atoms with Crippen molar-refractivity contribution in [3.05, 3.63) is 109 Å². The largest absolute Gasteiger partial charge is 0.472 e. The van der Waals surface area contributed by atoms with Crippen LogP contribution in [0.4, 0.5) is 0 Å². The number of aliphatic hydroxyl groups excluding tert-OH is 1. The first kappa shape index (κ1) is 97.9. The monoisotopic (exact) mass is 1470 g/mol. The maximum Gasteiger partial charge on any atom is 0.472 e. The molecule has 0 saturated heterocycles. The molecule has 19 heteroatoms. The number of ether oxygens (including phenoxy) is 4. The lowest BCUT2D eigenvalue weighted by molar-refractivity contribution is -0.161. The van der Waals surface area contributed by atoms with Crippen LogP contribution in [0, 0.1) is 0 Å². The fourth-order valence-electron chi connectivity index (χ4n) is 10.6. The van der Waals surface area contributed by atoms with Crippen LogP contribution in [0.1, 0.15) is 329 Å². The topological polar surface area (TPSA) is 237 Å². The molecule has 0 aliphatic carbocycles. The molecule has 0 fully saturated rings. The molecule has 3 N–H and O–H groups in total. The van der Waals surface area contributed by atoms with Gasteiger partial charge in [-0.15, -0.1) is 0 Å². The van der Waals surface area contributed by atoms with Gasteiger partial charge in [0.05, 0.1) is 26.4 Å². The van der Waals surface area contributed by atoms with Crippen LogP contribution in [0.25, 0.3) is 0 Å². The van der Waals surface area contributed by atoms with Crippen molar-refractivity contribution >= 4 is 39.8 Å². The summed E-state index contributed by atoms with van der Waals surface area (Å²) in [6, 6.07) is 0. The number of unbranched alkanes of at least 4 members (excludes halogenated alkanes) is 32. The smallest absolute Gasteiger partial charge is 0.463 e. The van der Waals surface area contributed by atoms with Crippen LogP contribution in [-0.4, -0.2) is 104 Å². The average Bonchev–Trinajstić information content (AvgIpc) is 0.929. The number of hydrogen-bond acceptors (Lipinski definition) is 15. The Kier molecular flexibility index (Phi) is 73.4. The lowest BCUT2D eigenvalue weighted by Gasteiger charge is -2.21. The van der Waals surface area contributed by atoms with Gasteiger partial charge >= 0.3 is 33.6 Å². The molecule has 0 aliphatic rings.